The van der Waals surface area contributed by atoms with Crippen LogP contribution in [0.3, 0.4) is 0 Å². The van der Waals surface area contributed by atoms with Crippen molar-refractivity contribution in [2.75, 3.05) is 24.2 Å². The van der Waals surface area contributed by atoms with Gasteiger partial charge >= 0.3 is 6.03 Å². The molecule has 0 saturated heterocycles. The number of carbonyl (C=O) groups is 1. The van der Waals surface area contributed by atoms with Gasteiger partial charge in [-0.05, 0) is 63.4 Å². The highest BCUT2D eigenvalue weighted by molar-refractivity contribution is 5.92. The van der Waals surface area contributed by atoms with Crippen molar-refractivity contribution in [1.82, 2.24) is 15.3 Å². The van der Waals surface area contributed by atoms with Crippen LogP contribution in [0.2, 0.25) is 0 Å². The molecule has 0 atom stereocenters. The topological polar surface area (TPSA) is 103 Å². The molecule has 0 radical (unpaired) electrons. The second-order valence-electron chi connectivity index (χ2n) is 8.41. The molecule has 1 aromatic carbocycles. The first-order valence-corrected chi connectivity index (χ1v) is 10.4. The molecule has 0 saturated carbocycles. The molecule has 0 aliphatic carbocycles. The number of nitrogens with one attached hydrogen (secondary N) is 3. The minimum Gasteiger partial charge on any atom is -0.373 e. The van der Waals surface area contributed by atoms with Crippen LogP contribution in [0.4, 0.5) is 20.7 Å². The molecule has 0 bridgehead atoms. The minimum absolute atomic E-state index is 0.0748. The molecule has 2 amide bonds. The number of nitriles is 1. The average Bonchev–Trinajstić information content (AvgIpc) is 2.74. The zero-order chi connectivity index (χ0) is 23.5. The molecule has 0 aliphatic rings. The SMILES string of the molecule is CNc1cc2nc(C)c(-c3cc(NC(=O)NCCC(C)(C)C#N)c(F)cc3C)cc2cn1. The van der Waals surface area contributed by atoms with Crippen LogP contribution in [-0.4, -0.2) is 29.6 Å². The average molecular weight is 435 g/mol. The van der Waals surface area contributed by atoms with Crippen molar-refractivity contribution in [3.63, 3.8) is 0 Å². The van der Waals surface area contributed by atoms with Crippen molar-refractivity contribution in [3.8, 4) is 17.2 Å². The fraction of sp³-hybridized carbons (Fsp3) is 0.333. The highest BCUT2D eigenvalue weighted by atomic mass is 19.1. The van der Waals surface area contributed by atoms with Crippen LogP contribution in [0.1, 0.15) is 31.5 Å². The maximum atomic E-state index is 14.6. The number of halogens is 1. The molecule has 3 N–H and O–H groups in total. The van der Waals surface area contributed by atoms with Crippen LogP contribution >= 0.6 is 0 Å². The summed E-state index contributed by atoms with van der Waals surface area (Å²) in [5.41, 5.74) is 3.47. The van der Waals surface area contributed by atoms with Crippen LogP contribution in [0.5, 0.6) is 0 Å². The van der Waals surface area contributed by atoms with E-state index in [-0.39, 0.29) is 5.69 Å². The van der Waals surface area contributed by atoms with E-state index in [1.54, 1.807) is 33.2 Å². The summed E-state index contributed by atoms with van der Waals surface area (Å²) in [6, 6.07) is 8.52. The van der Waals surface area contributed by atoms with Gasteiger partial charge in [-0.1, -0.05) is 0 Å². The third-order valence-electron chi connectivity index (χ3n) is 5.34. The van der Waals surface area contributed by atoms with Gasteiger partial charge in [0.1, 0.15) is 11.6 Å². The second-order valence-corrected chi connectivity index (χ2v) is 8.41. The van der Waals surface area contributed by atoms with Crippen molar-refractivity contribution in [1.29, 1.82) is 5.26 Å². The van der Waals surface area contributed by atoms with Crippen molar-refractivity contribution in [2.45, 2.75) is 34.1 Å². The Balaban J connectivity index is 1.88. The number of urea groups is 1. The van der Waals surface area contributed by atoms with Crippen LogP contribution in [0.25, 0.3) is 22.0 Å². The Morgan fingerprint density at radius 2 is 1.94 bits per heavy atom. The van der Waals surface area contributed by atoms with E-state index in [0.29, 0.717) is 13.0 Å². The lowest BCUT2D eigenvalue weighted by Crippen LogP contribution is -2.32. The summed E-state index contributed by atoms with van der Waals surface area (Å²) in [7, 11) is 1.80. The van der Waals surface area contributed by atoms with Crippen LogP contribution < -0.4 is 16.0 Å². The fourth-order valence-electron chi connectivity index (χ4n) is 3.34. The van der Waals surface area contributed by atoms with Crippen LogP contribution in [-0.2, 0) is 0 Å². The van der Waals surface area contributed by atoms with Crippen LogP contribution in [0, 0.1) is 36.4 Å². The van der Waals surface area contributed by atoms with Gasteiger partial charge in [-0.2, -0.15) is 5.26 Å². The summed E-state index contributed by atoms with van der Waals surface area (Å²) in [5, 5.41) is 18.2. The highest BCUT2D eigenvalue weighted by Gasteiger charge is 2.18. The molecule has 3 rings (SSSR count). The number of amides is 2. The number of pyridine rings is 2. The lowest BCUT2D eigenvalue weighted by atomic mass is 9.92. The van der Waals surface area contributed by atoms with E-state index < -0.39 is 17.3 Å². The molecular formula is C24H27FN6O. The largest absolute Gasteiger partial charge is 0.373 e. The summed E-state index contributed by atoms with van der Waals surface area (Å²) >= 11 is 0. The Bertz CT molecular complexity index is 1220. The van der Waals surface area contributed by atoms with Crippen molar-refractivity contribution in [3.05, 3.63) is 47.5 Å². The first-order chi connectivity index (χ1) is 15.1. The van der Waals surface area contributed by atoms with Gasteiger partial charge < -0.3 is 16.0 Å². The van der Waals surface area contributed by atoms with Gasteiger partial charge in [0.15, 0.2) is 0 Å². The molecule has 7 nitrogen and oxygen atoms in total. The molecule has 32 heavy (non-hydrogen) atoms. The molecule has 3 aromatic rings. The Labute approximate surface area is 187 Å². The molecule has 0 unspecified atom stereocenters. The zero-order valence-corrected chi connectivity index (χ0v) is 18.9. The fourth-order valence-corrected chi connectivity index (χ4v) is 3.34. The van der Waals surface area contributed by atoms with E-state index in [0.717, 1.165) is 39.1 Å². The maximum absolute atomic E-state index is 14.6. The Kier molecular flexibility index (Phi) is 6.58. The van der Waals surface area contributed by atoms with Gasteiger partial charge in [-0.25, -0.2) is 14.2 Å². The quantitative estimate of drug-likeness (QED) is 0.497. The molecule has 0 aliphatic heterocycles. The normalized spacial score (nSPS) is 11.2. The van der Waals surface area contributed by atoms with E-state index >= 15 is 0 Å². The smallest absolute Gasteiger partial charge is 0.319 e. The molecule has 166 valence electrons. The Morgan fingerprint density at radius 3 is 2.62 bits per heavy atom. The predicted octanol–water partition coefficient (Wildman–Crippen LogP) is 5.16. The number of anilines is 2. The van der Waals surface area contributed by atoms with Gasteiger partial charge in [0.05, 0.1) is 22.7 Å². The standard InChI is InChI=1S/C24H27FN6O/c1-14-8-19(25)21(31-23(32)28-7-6-24(3,4)13-26)10-17(14)18-9-16-12-29-22(27-5)11-20(16)30-15(18)2/h8-12H,6-7H2,1-5H3,(H,27,29)(H2,28,31,32). The number of nitrogens with zero attached hydrogens (tertiary/aromatic N) is 3. The second kappa shape index (κ2) is 9.18. The highest BCUT2D eigenvalue weighted by Crippen LogP contribution is 2.32. The third kappa shape index (κ3) is 5.11. The van der Waals surface area contributed by atoms with Crippen LogP contribution in [0.15, 0.2) is 30.5 Å². The monoisotopic (exact) mass is 434 g/mol. The Hall–Kier alpha value is -3.73. The van der Waals surface area contributed by atoms with Gasteiger partial charge in [-0.15, -0.1) is 0 Å². The summed E-state index contributed by atoms with van der Waals surface area (Å²) in [5.74, 6) is 0.205. The molecule has 8 heteroatoms. The van der Waals surface area contributed by atoms with Crippen molar-refractivity contribution < 1.29 is 9.18 Å². The Morgan fingerprint density at radius 1 is 1.19 bits per heavy atom. The molecule has 0 fully saturated rings. The lowest BCUT2D eigenvalue weighted by molar-refractivity contribution is 0.250. The summed E-state index contributed by atoms with van der Waals surface area (Å²) < 4.78 is 14.6. The van der Waals surface area contributed by atoms with Gasteiger partial charge in [-0.3, -0.25) is 4.98 Å². The zero-order valence-electron chi connectivity index (χ0n) is 18.9. The van der Waals surface area contributed by atoms with Gasteiger partial charge in [0.2, 0.25) is 0 Å². The number of benzene rings is 1. The summed E-state index contributed by atoms with van der Waals surface area (Å²) in [6.45, 7) is 7.62. The molecular weight excluding hydrogens is 407 g/mol. The predicted molar refractivity (Wildman–Crippen MR) is 125 cm³/mol. The molecule has 2 aromatic heterocycles. The van der Waals surface area contributed by atoms with E-state index in [1.165, 1.54) is 6.07 Å². The number of aromatic nitrogens is 2. The molecule has 2 heterocycles. The minimum atomic E-state index is -0.543. The number of rotatable bonds is 6. The number of fused-ring (bicyclic) bond motifs is 1. The van der Waals surface area contributed by atoms with E-state index in [2.05, 4.69) is 32.0 Å². The van der Waals surface area contributed by atoms with E-state index in [4.69, 9.17) is 5.26 Å². The number of carbonyl (C=O) groups excluding carboxylic acids is 1. The third-order valence-corrected chi connectivity index (χ3v) is 5.34. The number of hydrogen-bond donors (Lipinski definition) is 3. The van der Waals surface area contributed by atoms with Crippen molar-refractivity contribution in [2.24, 2.45) is 5.41 Å². The van der Waals surface area contributed by atoms with E-state index in [1.807, 2.05) is 26.0 Å². The van der Waals surface area contributed by atoms with Gasteiger partial charge in [0.25, 0.3) is 0 Å². The first-order valence-electron chi connectivity index (χ1n) is 10.4. The summed E-state index contributed by atoms with van der Waals surface area (Å²) in [4.78, 5) is 21.3. The lowest BCUT2D eigenvalue weighted by Gasteiger charge is -2.16. The number of hydrogen-bond acceptors (Lipinski definition) is 5. The first kappa shape index (κ1) is 22.9. The molecule has 0 spiro atoms. The number of aryl methyl sites for hydroxylation is 2. The van der Waals surface area contributed by atoms with E-state index in [9.17, 15) is 9.18 Å². The van der Waals surface area contributed by atoms with Crippen molar-refractivity contribution >= 4 is 28.4 Å². The summed E-state index contributed by atoms with van der Waals surface area (Å²) in [6.07, 6.45) is 2.23. The maximum Gasteiger partial charge on any atom is 0.319 e. The van der Waals surface area contributed by atoms with Gasteiger partial charge in [0, 0.05) is 42.5 Å².